The Kier molecular flexibility index (Phi) is 9.08. The van der Waals surface area contributed by atoms with Gasteiger partial charge in [-0.05, 0) is 56.9 Å². The molecule has 0 aliphatic heterocycles. The van der Waals surface area contributed by atoms with Crippen LogP contribution in [0.4, 0.5) is 0 Å². The Morgan fingerprint density at radius 3 is 2.45 bits per heavy atom. The minimum absolute atomic E-state index is 0.700. The second-order valence-electron chi connectivity index (χ2n) is 5.35. The summed E-state index contributed by atoms with van der Waals surface area (Å²) in [5.74, 6) is 1.81. The fraction of sp³-hybridized carbons (Fsp3) is 0.474. The Balaban J connectivity index is 1.97. The molecule has 0 unspecified atom stereocenters. The Hall–Kier alpha value is -1.74. The van der Waals surface area contributed by atoms with E-state index in [4.69, 9.17) is 14.2 Å². The predicted molar refractivity (Wildman–Crippen MR) is 91.3 cm³/mol. The summed E-state index contributed by atoms with van der Waals surface area (Å²) in [6, 6.07) is 8.13. The molecule has 0 atom stereocenters. The van der Waals surface area contributed by atoms with E-state index in [1.54, 1.807) is 7.11 Å². The lowest BCUT2D eigenvalue weighted by atomic mass is 10.2. The standard InChI is InChI=1S/C19H28O3/c1-16-7-9-19(10-8-16)22-13-6-5-12-21-14-11-17(2)15-18(3)20-4/h7-10,15H,2,5-6,11-14H2,1,3-4H3/b18-15-. The normalized spacial score (nSPS) is 11.3. The van der Waals surface area contributed by atoms with Crippen molar-refractivity contribution in [2.45, 2.75) is 33.1 Å². The van der Waals surface area contributed by atoms with Crippen molar-refractivity contribution in [1.82, 2.24) is 0 Å². The van der Waals surface area contributed by atoms with Crippen LogP contribution in [-0.2, 0) is 9.47 Å². The van der Waals surface area contributed by atoms with Gasteiger partial charge in [0, 0.05) is 6.61 Å². The van der Waals surface area contributed by atoms with Crippen LogP contribution >= 0.6 is 0 Å². The molecule has 0 bridgehead atoms. The molecule has 3 nitrogen and oxygen atoms in total. The molecule has 0 fully saturated rings. The Morgan fingerprint density at radius 2 is 1.77 bits per heavy atom. The van der Waals surface area contributed by atoms with Gasteiger partial charge in [-0.1, -0.05) is 24.3 Å². The van der Waals surface area contributed by atoms with E-state index < -0.39 is 0 Å². The lowest BCUT2D eigenvalue weighted by molar-refractivity contribution is 0.129. The second-order valence-corrected chi connectivity index (χ2v) is 5.35. The third kappa shape index (κ3) is 8.53. The average molecular weight is 304 g/mol. The lowest BCUT2D eigenvalue weighted by Crippen LogP contribution is -2.02. The van der Waals surface area contributed by atoms with Crippen LogP contribution in [0.1, 0.15) is 31.7 Å². The van der Waals surface area contributed by atoms with E-state index in [9.17, 15) is 0 Å². The molecule has 1 aromatic rings. The summed E-state index contributed by atoms with van der Waals surface area (Å²) in [7, 11) is 1.66. The lowest BCUT2D eigenvalue weighted by Gasteiger charge is -2.07. The van der Waals surface area contributed by atoms with Crippen molar-refractivity contribution in [3.8, 4) is 5.75 Å². The number of rotatable bonds is 11. The number of benzene rings is 1. The van der Waals surface area contributed by atoms with Crippen molar-refractivity contribution in [2.24, 2.45) is 0 Å². The third-order valence-corrected chi connectivity index (χ3v) is 3.27. The van der Waals surface area contributed by atoms with Gasteiger partial charge in [0.2, 0.25) is 0 Å². The highest BCUT2D eigenvalue weighted by molar-refractivity contribution is 5.26. The van der Waals surface area contributed by atoms with Crippen LogP contribution in [0.2, 0.25) is 0 Å². The van der Waals surface area contributed by atoms with Crippen molar-refractivity contribution in [1.29, 1.82) is 0 Å². The molecule has 22 heavy (non-hydrogen) atoms. The van der Waals surface area contributed by atoms with E-state index in [-0.39, 0.29) is 0 Å². The van der Waals surface area contributed by atoms with Crippen LogP contribution in [-0.4, -0.2) is 26.9 Å². The van der Waals surface area contributed by atoms with Crippen LogP contribution in [0.5, 0.6) is 5.75 Å². The molecule has 1 rings (SSSR count). The topological polar surface area (TPSA) is 27.7 Å². The van der Waals surface area contributed by atoms with Crippen LogP contribution in [0.25, 0.3) is 0 Å². The number of unbranched alkanes of at least 4 members (excludes halogenated alkanes) is 1. The number of aryl methyl sites for hydroxylation is 1. The first-order chi connectivity index (χ1) is 10.6. The van der Waals surface area contributed by atoms with Gasteiger partial charge in [-0.3, -0.25) is 0 Å². The van der Waals surface area contributed by atoms with Crippen LogP contribution < -0.4 is 4.74 Å². The molecule has 0 spiro atoms. The first-order valence-corrected chi connectivity index (χ1v) is 7.79. The number of hydrogen-bond acceptors (Lipinski definition) is 3. The number of allylic oxidation sites excluding steroid dienone is 2. The molecule has 122 valence electrons. The average Bonchev–Trinajstić information content (AvgIpc) is 2.51. The summed E-state index contributed by atoms with van der Waals surface area (Å²) < 4.78 is 16.4. The fourth-order valence-electron chi connectivity index (χ4n) is 1.85. The van der Waals surface area contributed by atoms with Gasteiger partial charge < -0.3 is 14.2 Å². The van der Waals surface area contributed by atoms with Crippen LogP contribution in [0.3, 0.4) is 0 Å². The van der Waals surface area contributed by atoms with Crippen molar-refractivity contribution < 1.29 is 14.2 Å². The zero-order valence-corrected chi connectivity index (χ0v) is 14.1. The highest BCUT2D eigenvalue weighted by Gasteiger charge is 1.96. The fourth-order valence-corrected chi connectivity index (χ4v) is 1.85. The predicted octanol–water partition coefficient (Wildman–Crippen LogP) is 4.67. The van der Waals surface area contributed by atoms with Crippen LogP contribution in [0, 0.1) is 6.92 Å². The number of ether oxygens (including phenoxy) is 3. The summed E-state index contributed by atoms with van der Waals surface area (Å²) in [6.45, 7) is 10.2. The Labute approximate surface area is 134 Å². The van der Waals surface area contributed by atoms with Crippen LogP contribution in [0.15, 0.2) is 48.3 Å². The highest BCUT2D eigenvalue weighted by atomic mass is 16.5. The first-order valence-electron chi connectivity index (χ1n) is 7.79. The van der Waals surface area contributed by atoms with Gasteiger partial charge in [-0.25, -0.2) is 0 Å². The van der Waals surface area contributed by atoms with Gasteiger partial charge in [0.1, 0.15) is 5.75 Å². The molecule has 0 aliphatic carbocycles. The second kappa shape index (κ2) is 10.9. The molecule has 0 N–H and O–H groups in total. The zero-order valence-electron chi connectivity index (χ0n) is 14.1. The maximum absolute atomic E-state index is 5.67. The SMILES string of the molecule is C=C(/C=C(/C)OC)CCOCCCCOc1ccc(C)cc1. The summed E-state index contributed by atoms with van der Waals surface area (Å²) in [5, 5.41) is 0. The molecule has 1 aromatic carbocycles. The summed E-state index contributed by atoms with van der Waals surface area (Å²) >= 11 is 0. The molecule has 0 aliphatic rings. The van der Waals surface area contributed by atoms with Crippen molar-refractivity contribution >= 4 is 0 Å². The van der Waals surface area contributed by atoms with E-state index >= 15 is 0 Å². The monoisotopic (exact) mass is 304 g/mol. The molecule has 0 heterocycles. The first kappa shape index (κ1) is 18.3. The largest absolute Gasteiger partial charge is 0.501 e. The molecule has 0 radical (unpaired) electrons. The Morgan fingerprint density at radius 1 is 1.09 bits per heavy atom. The van der Waals surface area contributed by atoms with Gasteiger partial charge in [-0.15, -0.1) is 0 Å². The molecule has 0 amide bonds. The molecule has 0 saturated carbocycles. The number of hydrogen-bond donors (Lipinski definition) is 0. The smallest absolute Gasteiger partial charge is 0.119 e. The molecule has 0 aromatic heterocycles. The van der Waals surface area contributed by atoms with Gasteiger partial charge in [0.25, 0.3) is 0 Å². The number of methoxy groups -OCH3 is 1. The molecule has 0 saturated heterocycles. The molecular weight excluding hydrogens is 276 g/mol. The third-order valence-electron chi connectivity index (χ3n) is 3.27. The van der Waals surface area contributed by atoms with Crippen molar-refractivity contribution in [3.63, 3.8) is 0 Å². The zero-order chi connectivity index (χ0) is 16.2. The van der Waals surface area contributed by atoms with Gasteiger partial charge in [0.05, 0.1) is 26.1 Å². The van der Waals surface area contributed by atoms with Gasteiger partial charge >= 0.3 is 0 Å². The summed E-state index contributed by atoms with van der Waals surface area (Å²) in [5.41, 5.74) is 2.28. The minimum atomic E-state index is 0.700. The quantitative estimate of drug-likeness (QED) is 0.338. The minimum Gasteiger partial charge on any atom is -0.501 e. The molecule has 3 heteroatoms. The summed E-state index contributed by atoms with van der Waals surface area (Å²) in [4.78, 5) is 0. The molecular formula is C19H28O3. The van der Waals surface area contributed by atoms with Crippen molar-refractivity contribution in [3.05, 3.63) is 53.8 Å². The highest BCUT2D eigenvalue weighted by Crippen LogP contribution is 2.11. The van der Waals surface area contributed by atoms with Gasteiger partial charge in [-0.2, -0.15) is 0 Å². The maximum atomic E-state index is 5.67. The van der Waals surface area contributed by atoms with Gasteiger partial charge in [0.15, 0.2) is 0 Å². The van der Waals surface area contributed by atoms with E-state index in [0.717, 1.165) is 49.6 Å². The van der Waals surface area contributed by atoms with E-state index in [1.807, 2.05) is 25.1 Å². The van der Waals surface area contributed by atoms with Crippen molar-refractivity contribution in [2.75, 3.05) is 26.9 Å². The van der Waals surface area contributed by atoms with E-state index in [2.05, 4.69) is 25.6 Å². The maximum Gasteiger partial charge on any atom is 0.119 e. The van der Waals surface area contributed by atoms with E-state index in [0.29, 0.717) is 6.61 Å². The van der Waals surface area contributed by atoms with E-state index in [1.165, 1.54) is 5.56 Å². The Bertz CT molecular complexity index is 460. The summed E-state index contributed by atoms with van der Waals surface area (Å²) in [6.07, 6.45) is 4.78.